The Morgan fingerprint density at radius 1 is 1.47 bits per heavy atom. The van der Waals surface area contributed by atoms with Gasteiger partial charge in [0, 0.05) is 22.5 Å². The Morgan fingerprint density at radius 2 is 2.27 bits per heavy atom. The molecule has 2 nitrogen and oxygen atoms in total. The van der Waals surface area contributed by atoms with Crippen molar-refractivity contribution >= 4 is 28.1 Å². The summed E-state index contributed by atoms with van der Waals surface area (Å²) in [5.74, 6) is 0. The largest absolute Gasteiger partial charge is 0.375 e. The van der Waals surface area contributed by atoms with Crippen molar-refractivity contribution in [3.63, 3.8) is 0 Å². The third-order valence-corrected chi connectivity index (χ3v) is 3.32. The topological polar surface area (TPSA) is 38.9 Å². The highest BCUT2D eigenvalue weighted by atomic mass is 35.5. The second-order valence-electron chi connectivity index (χ2n) is 3.44. The molecule has 78 valence electrons. The van der Waals surface area contributed by atoms with Gasteiger partial charge in [-0.1, -0.05) is 23.7 Å². The van der Waals surface area contributed by atoms with Crippen LogP contribution in [0.4, 0.5) is 5.13 Å². The molecular formula is C11H11ClN2S. The lowest BCUT2D eigenvalue weighted by molar-refractivity contribution is 1.21. The molecule has 0 aliphatic heterocycles. The number of thiazole rings is 1. The van der Waals surface area contributed by atoms with E-state index in [2.05, 4.69) is 11.1 Å². The maximum absolute atomic E-state index is 6.14. The summed E-state index contributed by atoms with van der Waals surface area (Å²) in [5, 5.41) is 1.41. The van der Waals surface area contributed by atoms with Crippen LogP contribution in [0, 0.1) is 6.92 Å². The highest BCUT2D eigenvalue weighted by Gasteiger charge is 2.04. The van der Waals surface area contributed by atoms with Crippen molar-refractivity contribution in [3.8, 4) is 0 Å². The number of nitrogens with two attached hydrogens (primary N) is 1. The predicted molar refractivity (Wildman–Crippen MR) is 65.5 cm³/mol. The minimum absolute atomic E-state index is 0.605. The molecule has 0 atom stereocenters. The first kappa shape index (κ1) is 10.5. The lowest BCUT2D eigenvalue weighted by Crippen LogP contribution is -1.87. The molecule has 0 radical (unpaired) electrons. The fourth-order valence-electron chi connectivity index (χ4n) is 1.39. The lowest BCUT2D eigenvalue weighted by Gasteiger charge is -2.02. The number of nitrogens with zero attached hydrogens (tertiary/aromatic N) is 1. The maximum Gasteiger partial charge on any atom is 0.180 e. The van der Waals surface area contributed by atoms with Crippen LogP contribution in [-0.2, 0) is 6.42 Å². The average Bonchev–Trinajstić information content (AvgIpc) is 2.56. The van der Waals surface area contributed by atoms with Crippen LogP contribution in [0.1, 0.15) is 16.0 Å². The second-order valence-corrected chi connectivity index (χ2v) is 4.99. The number of aryl methyl sites for hydroxylation is 1. The Balaban J connectivity index is 2.24. The summed E-state index contributed by atoms with van der Waals surface area (Å²) >= 11 is 7.64. The molecule has 1 aromatic carbocycles. The first-order valence-electron chi connectivity index (χ1n) is 4.60. The number of rotatable bonds is 2. The molecule has 15 heavy (non-hydrogen) atoms. The fraction of sp³-hybridized carbons (Fsp3) is 0.182. The molecule has 2 aromatic rings. The van der Waals surface area contributed by atoms with Crippen LogP contribution >= 0.6 is 22.9 Å². The Bertz CT molecular complexity index is 479. The number of nitrogen functional groups attached to an aromatic ring is 1. The van der Waals surface area contributed by atoms with Crippen molar-refractivity contribution in [1.82, 2.24) is 4.98 Å². The molecule has 0 spiro atoms. The maximum atomic E-state index is 6.14. The Kier molecular flexibility index (Phi) is 2.93. The molecule has 1 heterocycles. The monoisotopic (exact) mass is 238 g/mol. The normalized spacial score (nSPS) is 10.5. The quantitative estimate of drug-likeness (QED) is 0.872. The van der Waals surface area contributed by atoms with Gasteiger partial charge in [0.25, 0.3) is 0 Å². The Hall–Kier alpha value is -1.06. The summed E-state index contributed by atoms with van der Waals surface area (Å²) in [4.78, 5) is 5.15. The van der Waals surface area contributed by atoms with Crippen LogP contribution in [0.15, 0.2) is 24.4 Å². The van der Waals surface area contributed by atoms with Gasteiger partial charge in [0.1, 0.15) is 0 Å². The molecule has 0 fully saturated rings. The summed E-state index contributed by atoms with van der Waals surface area (Å²) in [7, 11) is 0. The van der Waals surface area contributed by atoms with Crippen molar-refractivity contribution in [2.45, 2.75) is 13.3 Å². The molecule has 0 unspecified atom stereocenters. The lowest BCUT2D eigenvalue weighted by atomic mass is 10.1. The molecule has 1 aromatic heterocycles. The third-order valence-electron chi connectivity index (χ3n) is 2.14. The van der Waals surface area contributed by atoms with Crippen LogP contribution in [0.3, 0.4) is 0 Å². The van der Waals surface area contributed by atoms with Crippen LogP contribution in [0.25, 0.3) is 0 Å². The SMILES string of the molecule is Cc1ccc(Cc2cnc(N)s2)c(Cl)c1. The molecule has 2 rings (SSSR count). The molecular weight excluding hydrogens is 228 g/mol. The van der Waals surface area contributed by atoms with E-state index in [1.807, 2.05) is 19.1 Å². The molecule has 4 heteroatoms. The van der Waals surface area contributed by atoms with Gasteiger partial charge in [-0.2, -0.15) is 0 Å². The van der Waals surface area contributed by atoms with E-state index in [9.17, 15) is 0 Å². The highest BCUT2D eigenvalue weighted by Crippen LogP contribution is 2.24. The van der Waals surface area contributed by atoms with E-state index in [1.165, 1.54) is 16.9 Å². The number of aromatic nitrogens is 1. The molecule has 2 N–H and O–H groups in total. The molecule has 0 aliphatic carbocycles. The van der Waals surface area contributed by atoms with Gasteiger partial charge in [0.2, 0.25) is 0 Å². The summed E-state index contributed by atoms with van der Waals surface area (Å²) < 4.78 is 0. The van der Waals surface area contributed by atoms with Crippen LogP contribution < -0.4 is 5.73 Å². The van der Waals surface area contributed by atoms with Gasteiger partial charge >= 0.3 is 0 Å². The summed E-state index contributed by atoms with van der Waals surface area (Å²) in [5.41, 5.74) is 7.86. The van der Waals surface area contributed by atoms with Crippen molar-refractivity contribution in [2.75, 3.05) is 5.73 Å². The Labute approximate surface area is 97.7 Å². The van der Waals surface area contributed by atoms with Gasteiger partial charge in [-0.25, -0.2) is 4.98 Å². The zero-order valence-corrected chi connectivity index (χ0v) is 9.90. The second kappa shape index (κ2) is 4.21. The smallest absolute Gasteiger partial charge is 0.180 e. The van der Waals surface area contributed by atoms with Gasteiger partial charge in [0.05, 0.1) is 0 Å². The summed E-state index contributed by atoms with van der Waals surface area (Å²) in [6.07, 6.45) is 2.60. The molecule has 0 aliphatic rings. The van der Waals surface area contributed by atoms with Crippen molar-refractivity contribution in [3.05, 3.63) is 45.4 Å². The standard InChI is InChI=1S/C11H11ClN2S/c1-7-2-3-8(10(12)4-7)5-9-6-14-11(13)15-9/h2-4,6H,5H2,1H3,(H2,13,14). The number of benzene rings is 1. The zero-order chi connectivity index (χ0) is 10.8. The molecule has 0 saturated heterocycles. The van der Waals surface area contributed by atoms with Gasteiger partial charge in [-0.15, -0.1) is 11.3 Å². The average molecular weight is 239 g/mol. The minimum Gasteiger partial charge on any atom is -0.375 e. The summed E-state index contributed by atoms with van der Waals surface area (Å²) in [6, 6.07) is 6.08. The predicted octanol–water partition coefficient (Wildman–Crippen LogP) is 3.28. The first-order valence-corrected chi connectivity index (χ1v) is 5.80. The van der Waals surface area contributed by atoms with Gasteiger partial charge in [-0.05, 0) is 24.1 Å². The van der Waals surface area contributed by atoms with E-state index < -0.39 is 0 Å². The Morgan fingerprint density at radius 3 is 2.87 bits per heavy atom. The molecule has 0 amide bonds. The van der Waals surface area contributed by atoms with E-state index >= 15 is 0 Å². The number of hydrogen-bond acceptors (Lipinski definition) is 3. The number of halogens is 1. The summed E-state index contributed by atoms with van der Waals surface area (Å²) in [6.45, 7) is 2.03. The van der Waals surface area contributed by atoms with Crippen molar-refractivity contribution in [2.24, 2.45) is 0 Å². The number of hydrogen-bond donors (Lipinski definition) is 1. The van der Waals surface area contributed by atoms with Crippen LogP contribution in [0.5, 0.6) is 0 Å². The van der Waals surface area contributed by atoms with Crippen LogP contribution in [-0.4, -0.2) is 4.98 Å². The fourth-order valence-corrected chi connectivity index (χ4v) is 2.40. The van der Waals surface area contributed by atoms with E-state index in [-0.39, 0.29) is 0 Å². The van der Waals surface area contributed by atoms with Gasteiger partial charge < -0.3 is 5.73 Å². The molecule has 0 saturated carbocycles. The highest BCUT2D eigenvalue weighted by molar-refractivity contribution is 7.15. The van der Waals surface area contributed by atoms with Gasteiger partial charge in [-0.3, -0.25) is 0 Å². The van der Waals surface area contributed by atoms with E-state index in [4.69, 9.17) is 17.3 Å². The van der Waals surface area contributed by atoms with Crippen LogP contribution in [0.2, 0.25) is 5.02 Å². The van der Waals surface area contributed by atoms with E-state index in [0.717, 1.165) is 21.9 Å². The van der Waals surface area contributed by atoms with Crippen molar-refractivity contribution < 1.29 is 0 Å². The third kappa shape index (κ3) is 2.49. The van der Waals surface area contributed by atoms with E-state index in [0.29, 0.717) is 5.13 Å². The van der Waals surface area contributed by atoms with Gasteiger partial charge in [0.15, 0.2) is 5.13 Å². The first-order chi connectivity index (χ1) is 7.15. The van der Waals surface area contributed by atoms with Crippen molar-refractivity contribution in [1.29, 1.82) is 0 Å². The number of anilines is 1. The van der Waals surface area contributed by atoms with E-state index in [1.54, 1.807) is 6.20 Å². The zero-order valence-electron chi connectivity index (χ0n) is 8.33. The molecule has 0 bridgehead atoms. The minimum atomic E-state index is 0.605.